The highest BCUT2D eigenvalue weighted by Crippen LogP contribution is 2.20. The normalized spacial score (nSPS) is 18.3. The van der Waals surface area contributed by atoms with Crippen molar-refractivity contribution in [2.75, 3.05) is 13.1 Å². The Kier molecular flexibility index (Phi) is 5.91. The second-order valence-electron chi connectivity index (χ2n) is 5.85. The Balaban J connectivity index is 1.83. The molecule has 7 nitrogen and oxygen atoms in total. The molecule has 0 aromatic carbocycles. The number of amides is 2. The van der Waals surface area contributed by atoms with Crippen LogP contribution in [0.1, 0.15) is 50.7 Å². The average Bonchev–Trinajstić information content (AvgIpc) is 2.90. The number of aryl methyl sites for hydroxylation is 2. The van der Waals surface area contributed by atoms with Crippen LogP contribution in [0.5, 0.6) is 0 Å². The molecule has 7 heteroatoms. The summed E-state index contributed by atoms with van der Waals surface area (Å²) in [5.41, 5.74) is 0. The van der Waals surface area contributed by atoms with Gasteiger partial charge in [0.15, 0.2) is 5.82 Å². The molecule has 0 radical (unpaired) electrons. The number of piperidine rings is 1. The number of nitrogens with one attached hydrogen (secondary N) is 2. The van der Waals surface area contributed by atoms with Gasteiger partial charge in [0.05, 0.1) is 0 Å². The zero-order valence-corrected chi connectivity index (χ0v) is 13.4. The monoisotopic (exact) mass is 307 g/mol. The predicted octanol–water partition coefficient (Wildman–Crippen LogP) is 0.953. The highest BCUT2D eigenvalue weighted by molar-refractivity contribution is 5.77. The number of hydrogen-bond donors (Lipinski definition) is 2. The van der Waals surface area contributed by atoms with E-state index in [4.69, 9.17) is 0 Å². The van der Waals surface area contributed by atoms with Crippen molar-refractivity contribution in [1.82, 2.24) is 25.4 Å². The van der Waals surface area contributed by atoms with Crippen LogP contribution in [0.25, 0.3) is 0 Å². The van der Waals surface area contributed by atoms with Gasteiger partial charge < -0.3 is 10.2 Å². The van der Waals surface area contributed by atoms with Crippen LogP contribution >= 0.6 is 0 Å². The Morgan fingerprint density at radius 3 is 2.91 bits per heavy atom. The van der Waals surface area contributed by atoms with E-state index in [0.717, 1.165) is 38.1 Å². The molecule has 0 bridgehead atoms. The van der Waals surface area contributed by atoms with Crippen LogP contribution in [0.3, 0.4) is 0 Å². The Hall–Kier alpha value is -1.92. The van der Waals surface area contributed by atoms with Crippen molar-refractivity contribution in [3.05, 3.63) is 11.6 Å². The second-order valence-corrected chi connectivity index (χ2v) is 5.85. The lowest BCUT2D eigenvalue weighted by Gasteiger charge is -2.36. The summed E-state index contributed by atoms with van der Waals surface area (Å²) in [5, 5.41) is 9.67. The predicted molar refractivity (Wildman–Crippen MR) is 82.1 cm³/mol. The molecular formula is C15H25N5O2. The molecule has 1 fully saturated rings. The van der Waals surface area contributed by atoms with Gasteiger partial charge in [-0.25, -0.2) is 4.98 Å². The largest absolute Gasteiger partial charge is 0.356 e. The molecule has 2 amide bonds. The van der Waals surface area contributed by atoms with E-state index >= 15 is 0 Å². The van der Waals surface area contributed by atoms with Gasteiger partial charge in [-0.3, -0.25) is 14.7 Å². The van der Waals surface area contributed by atoms with E-state index < -0.39 is 0 Å². The maximum absolute atomic E-state index is 12.5. The molecule has 2 rings (SSSR count). The fraction of sp³-hybridized carbons (Fsp3) is 0.733. The van der Waals surface area contributed by atoms with E-state index in [1.165, 1.54) is 6.92 Å². The summed E-state index contributed by atoms with van der Waals surface area (Å²) in [6.07, 6.45) is 5.05. The van der Waals surface area contributed by atoms with Crippen LogP contribution in [0, 0.1) is 6.92 Å². The maximum Gasteiger partial charge on any atom is 0.223 e. The molecule has 1 aromatic heterocycles. The van der Waals surface area contributed by atoms with Crippen LogP contribution in [-0.4, -0.2) is 51.0 Å². The fourth-order valence-corrected chi connectivity index (χ4v) is 2.91. The number of H-pyrrole nitrogens is 1. The number of nitrogens with zero attached hydrogens (tertiary/aromatic N) is 3. The van der Waals surface area contributed by atoms with E-state index in [1.807, 2.05) is 11.8 Å². The van der Waals surface area contributed by atoms with Gasteiger partial charge in [-0.1, -0.05) is 0 Å². The second kappa shape index (κ2) is 7.91. The molecule has 1 atom stereocenters. The summed E-state index contributed by atoms with van der Waals surface area (Å²) in [6.45, 7) is 4.81. The van der Waals surface area contributed by atoms with E-state index in [2.05, 4.69) is 20.5 Å². The first-order chi connectivity index (χ1) is 10.6. The summed E-state index contributed by atoms with van der Waals surface area (Å²) < 4.78 is 0. The lowest BCUT2D eigenvalue weighted by Crippen LogP contribution is -2.45. The standard InChI is InChI=1S/C15H25N5O2/c1-11-17-14(19-18-11)6-7-15(22)20-10-4-3-5-13(20)8-9-16-12(2)21/h13H,3-10H2,1-2H3,(H,16,21)(H,17,18,19)/t13-/m1/s1. The molecule has 0 aliphatic carbocycles. The van der Waals surface area contributed by atoms with Crippen LogP contribution < -0.4 is 5.32 Å². The van der Waals surface area contributed by atoms with Gasteiger partial charge in [0.1, 0.15) is 5.82 Å². The first-order valence-electron chi connectivity index (χ1n) is 7.98. The van der Waals surface area contributed by atoms with Crippen molar-refractivity contribution in [1.29, 1.82) is 0 Å². The molecule has 1 aromatic rings. The first kappa shape index (κ1) is 16.5. The average molecular weight is 307 g/mol. The van der Waals surface area contributed by atoms with Crippen LogP contribution in [0.15, 0.2) is 0 Å². The summed E-state index contributed by atoms with van der Waals surface area (Å²) in [4.78, 5) is 29.6. The molecule has 1 saturated heterocycles. The molecule has 0 spiro atoms. The van der Waals surface area contributed by atoms with Gasteiger partial charge in [-0.05, 0) is 32.6 Å². The number of likely N-dealkylation sites (tertiary alicyclic amines) is 1. The molecule has 1 aliphatic rings. The fourth-order valence-electron chi connectivity index (χ4n) is 2.91. The van der Waals surface area contributed by atoms with E-state index in [0.29, 0.717) is 25.2 Å². The Labute approximate surface area is 130 Å². The number of hydrogen-bond acceptors (Lipinski definition) is 4. The Morgan fingerprint density at radius 2 is 2.23 bits per heavy atom. The van der Waals surface area contributed by atoms with Crippen molar-refractivity contribution >= 4 is 11.8 Å². The van der Waals surface area contributed by atoms with E-state index in [1.54, 1.807) is 0 Å². The first-order valence-corrected chi connectivity index (χ1v) is 7.98. The lowest BCUT2D eigenvalue weighted by molar-refractivity contribution is -0.135. The SMILES string of the molecule is CC(=O)NCC[C@H]1CCCCN1C(=O)CCc1n[nH]c(C)n1. The zero-order chi connectivity index (χ0) is 15.9. The molecule has 122 valence electrons. The Bertz CT molecular complexity index is 514. The lowest BCUT2D eigenvalue weighted by atomic mass is 9.98. The topological polar surface area (TPSA) is 91.0 Å². The quantitative estimate of drug-likeness (QED) is 0.818. The minimum atomic E-state index is -0.0198. The zero-order valence-electron chi connectivity index (χ0n) is 13.4. The third-order valence-electron chi connectivity index (χ3n) is 4.00. The smallest absolute Gasteiger partial charge is 0.223 e. The molecular weight excluding hydrogens is 282 g/mol. The third-order valence-corrected chi connectivity index (χ3v) is 4.00. The van der Waals surface area contributed by atoms with Crippen molar-refractivity contribution in [2.24, 2.45) is 0 Å². The maximum atomic E-state index is 12.5. The van der Waals surface area contributed by atoms with Crippen molar-refractivity contribution in [2.45, 2.75) is 58.4 Å². The number of rotatable bonds is 6. The minimum Gasteiger partial charge on any atom is -0.356 e. The van der Waals surface area contributed by atoms with Crippen LogP contribution in [0.2, 0.25) is 0 Å². The summed E-state index contributed by atoms with van der Waals surface area (Å²) >= 11 is 0. The molecule has 0 unspecified atom stereocenters. The van der Waals surface area contributed by atoms with Gasteiger partial charge in [0.2, 0.25) is 11.8 Å². The van der Waals surface area contributed by atoms with Crippen LogP contribution in [0.4, 0.5) is 0 Å². The van der Waals surface area contributed by atoms with Gasteiger partial charge in [-0.2, -0.15) is 5.10 Å². The van der Waals surface area contributed by atoms with Gasteiger partial charge in [0.25, 0.3) is 0 Å². The highest BCUT2D eigenvalue weighted by Gasteiger charge is 2.26. The van der Waals surface area contributed by atoms with Gasteiger partial charge >= 0.3 is 0 Å². The molecule has 2 N–H and O–H groups in total. The molecule has 1 aliphatic heterocycles. The molecule has 22 heavy (non-hydrogen) atoms. The molecule has 0 saturated carbocycles. The number of aromatic amines is 1. The number of aromatic nitrogens is 3. The number of carbonyl (C=O) groups excluding carboxylic acids is 2. The van der Waals surface area contributed by atoms with E-state index in [-0.39, 0.29) is 17.9 Å². The summed E-state index contributed by atoms with van der Waals surface area (Å²) in [6, 6.07) is 0.238. The van der Waals surface area contributed by atoms with Crippen molar-refractivity contribution in [3.63, 3.8) is 0 Å². The number of carbonyl (C=O) groups is 2. The third kappa shape index (κ3) is 4.82. The summed E-state index contributed by atoms with van der Waals surface area (Å²) in [5.74, 6) is 1.61. The Morgan fingerprint density at radius 1 is 1.41 bits per heavy atom. The highest BCUT2D eigenvalue weighted by atomic mass is 16.2. The van der Waals surface area contributed by atoms with E-state index in [9.17, 15) is 9.59 Å². The minimum absolute atomic E-state index is 0.0198. The van der Waals surface area contributed by atoms with Crippen molar-refractivity contribution < 1.29 is 9.59 Å². The van der Waals surface area contributed by atoms with Crippen LogP contribution in [-0.2, 0) is 16.0 Å². The van der Waals surface area contributed by atoms with Gasteiger partial charge in [0, 0.05) is 38.9 Å². The summed E-state index contributed by atoms with van der Waals surface area (Å²) in [7, 11) is 0. The molecule has 2 heterocycles. The van der Waals surface area contributed by atoms with Crippen molar-refractivity contribution in [3.8, 4) is 0 Å². The van der Waals surface area contributed by atoms with Gasteiger partial charge in [-0.15, -0.1) is 0 Å².